The number of carbonyl (C=O) groups excluding carboxylic acids is 2. The molecule has 5 nitrogen and oxygen atoms in total. The maximum Gasteiger partial charge on any atom is 0.288 e. The van der Waals surface area contributed by atoms with Crippen molar-refractivity contribution in [1.29, 1.82) is 0 Å². The summed E-state index contributed by atoms with van der Waals surface area (Å²) in [6.07, 6.45) is 1.49. The van der Waals surface area contributed by atoms with Crippen LogP contribution in [0.3, 0.4) is 0 Å². The average Bonchev–Trinajstić information content (AvgIpc) is 2.54. The van der Waals surface area contributed by atoms with Crippen LogP contribution in [0.5, 0.6) is 0 Å². The smallest absolute Gasteiger partial charge is 0.272 e. The number of carbonyl (C=O) groups is 2. The average molecular weight is 356 g/mol. The monoisotopic (exact) mass is 355 g/mol. The number of thioether (sulfide) groups is 1. The van der Waals surface area contributed by atoms with Crippen LogP contribution in [0.4, 0.5) is 0 Å². The van der Waals surface area contributed by atoms with E-state index in [4.69, 9.17) is 23.2 Å². The van der Waals surface area contributed by atoms with Gasteiger partial charge in [-0.05, 0) is 30.3 Å². The van der Waals surface area contributed by atoms with Crippen molar-refractivity contribution in [3.05, 3.63) is 58.3 Å². The van der Waals surface area contributed by atoms with Gasteiger partial charge in [-0.15, -0.1) is 11.8 Å². The van der Waals surface area contributed by atoms with E-state index in [1.165, 1.54) is 18.0 Å². The van der Waals surface area contributed by atoms with E-state index in [2.05, 4.69) is 15.8 Å². The van der Waals surface area contributed by atoms with Crippen molar-refractivity contribution in [3.63, 3.8) is 0 Å². The van der Waals surface area contributed by atoms with Crippen LogP contribution in [-0.2, 0) is 4.79 Å². The lowest BCUT2D eigenvalue weighted by atomic mass is 10.3. The van der Waals surface area contributed by atoms with Gasteiger partial charge in [-0.2, -0.15) is 0 Å². The zero-order chi connectivity index (χ0) is 15.9. The van der Waals surface area contributed by atoms with Crippen molar-refractivity contribution in [2.45, 2.75) is 4.90 Å². The summed E-state index contributed by atoms with van der Waals surface area (Å²) in [6, 6.07) is 9.92. The fourth-order valence-corrected chi connectivity index (χ4v) is 2.75. The van der Waals surface area contributed by atoms with Crippen LogP contribution in [0.25, 0.3) is 0 Å². The molecule has 0 unspecified atom stereocenters. The minimum Gasteiger partial charge on any atom is -0.272 e. The van der Waals surface area contributed by atoms with Crippen molar-refractivity contribution < 1.29 is 9.59 Å². The maximum atomic E-state index is 11.7. The van der Waals surface area contributed by atoms with Gasteiger partial charge in [0, 0.05) is 16.1 Å². The van der Waals surface area contributed by atoms with E-state index in [-0.39, 0.29) is 17.4 Å². The molecule has 1 heterocycles. The summed E-state index contributed by atoms with van der Waals surface area (Å²) >= 11 is 13.1. The molecule has 0 fully saturated rings. The highest BCUT2D eigenvalue weighted by atomic mass is 35.5. The van der Waals surface area contributed by atoms with Gasteiger partial charge in [0.1, 0.15) is 5.69 Å². The van der Waals surface area contributed by atoms with Gasteiger partial charge < -0.3 is 0 Å². The highest BCUT2D eigenvalue weighted by Crippen LogP contribution is 2.29. The second-order valence-electron chi connectivity index (χ2n) is 4.08. The molecular weight excluding hydrogens is 345 g/mol. The molecule has 0 aliphatic carbocycles. The van der Waals surface area contributed by atoms with E-state index in [1.54, 1.807) is 36.4 Å². The SMILES string of the molecule is O=C(CSc1cc(Cl)ccc1Cl)NNC(=O)c1ccccn1. The van der Waals surface area contributed by atoms with Crippen molar-refractivity contribution in [1.82, 2.24) is 15.8 Å². The molecule has 2 N–H and O–H groups in total. The Labute approximate surface area is 141 Å². The first-order valence-corrected chi connectivity index (χ1v) is 7.88. The summed E-state index contributed by atoms with van der Waals surface area (Å²) in [5.41, 5.74) is 4.81. The molecule has 2 amide bonds. The van der Waals surface area contributed by atoms with Gasteiger partial charge in [0.05, 0.1) is 10.8 Å². The van der Waals surface area contributed by atoms with Crippen molar-refractivity contribution >= 4 is 46.8 Å². The standard InChI is InChI=1S/C14H11Cl2N3O2S/c15-9-4-5-10(16)12(7-9)22-8-13(20)18-19-14(21)11-3-1-2-6-17-11/h1-7H,8H2,(H,18,20)(H,19,21). The Hall–Kier alpha value is -1.76. The molecule has 0 saturated heterocycles. The van der Waals surface area contributed by atoms with E-state index < -0.39 is 5.91 Å². The molecule has 1 aromatic heterocycles. The third-order valence-corrected chi connectivity index (χ3v) is 4.20. The molecule has 0 radical (unpaired) electrons. The van der Waals surface area contributed by atoms with Gasteiger partial charge in [0.15, 0.2) is 0 Å². The van der Waals surface area contributed by atoms with Gasteiger partial charge in [-0.1, -0.05) is 29.3 Å². The molecular formula is C14H11Cl2N3O2S. The number of hydrogen-bond donors (Lipinski definition) is 2. The van der Waals surface area contributed by atoms with Gasteiger partial charge in [0.25, 0.3) is 5.91 Å². The van der Waals surface area contributed by atoms with Gasteiger partial charge in [-0.3, -0.25) is 25.4 Å². The maximum absolute atomic E-state index is 11.7. The minimum atomic E-state index is -0.486. The molecule has 0 atom stereocenters. The number of hydrazine groups is 1. The molecule has 114 valence electrons. The number of amides is 2. The highest BCUT2D eigenvalue weighted by Gasteiger charge is 2.09. The molecule has 0 spiro atoms. The molecule has 22 heavy (non-hydrogen) atoms. The molecule has 2 aromatic rings. The highest BCUT2D eigenvalue weighted by molar-refractivity contribution is 8.00. The number of nitrogens with one attached hydrogen (secondary N) is 2. The van der Waals surface area contributed by atoms with Crippen LogP contribution in [0.1, 0.15) is 10.5 Å². The first-order valence-electron chi connectivity index (χ1n) is 6.14. The summed E-state index contributed by atoms with van der Waals surface area (Å²) in [5, 5.41) is 1.05. The Morgan fingerprint density at radius 2 is 1.95 bits per heavy atom. The van der Waals surface area contributed by atoms with Crippen LogP contribution >= 0.6 is 35.0 Å². The minimum absolute atomic E-state index is 0.0859. The Morgan fingerprint density at radius 1 is 1.14 bits per heavy atom. The molecule has 0 saturated carbocycles. The quantitative estimate of drug-likeness (QED) is 0.653. The molecule has 0 aliphatic rings. The first-order chi connectivity index (χ1) is 10.6. The van der Waals surface area contributed by atoms with Crippen molar-refractivity contribution in [2.75, 3.05) is 5.75 Å². The summed E-state index contributed by atoms with van der Waals surface area (Å²) < 4.78 is 0. The van der Waals surface area contributed by atoms with E-state index in [0.29, 0.717) is 14.9 Å². The lowest BCUT2D eigenvalue weighted by Crippen LogP contribution is -2.42. The van der Waals surface area contributed by atoms with Crippen LogP contribution in [0.15, 0.2) is 47.5 Å². The number of pyridine rings is 1. The van der Waals surface area contributed by atoms with Crippen molar-refractivity contribution in [2.24, 2.45) is 0 Å². The molecule has 0 aliphatic heterocycles. The zero-order valence-electron chi connectivity index (χ0n) is 11.2. The molecule has 0 bridgehead atoms. The van der Waals surface area contributed by atoms with Crippen LogP contribution in [0, 0.1) is 0 Å². The number of aromatic nitrogens is 1. The summed E-state index contributed by atoms with van der Waals surface area (Å²) in [5.74, 6) is -0.771. The van der Waals surface area contributed by atoms with E-state index in [0.717, 1.165) is 0 Å². The van der Waals surface area contributed by atoms with Crippen LogP contribution in [0.2, 0.25) is 10.0 Å². The predicted octanol–water partition coefficient (Wildman–Crippen LogP) is 2.94. The lowest BCUT2D eigenvalue weighted by molar-refractivity contribution is -0.119. The van der Waals surface area contributed by atoms with Gasteiger partial charge in [0.2, 0.25) is 5.91 Å². The zero-order valence-corrected chi connectivity index (χ0v) is 13.5. The van der Waals surface area contributed by atoms with Crippen LogP contribution in [-0.4, -0.2) is 22.6 Å². The Morgan fingerprint density at radius 3 is 2.68 bits per heavy atom. The lowest BCUT2D eigenvalue weighted by Gasteiger charge is -2.07. The van der Waals surface area contributed by atoms with Gasteiger partial charge in [-0.25, -0.2) is 0 Å². The number of nitrogens with zero attached hydrogens (tertiary/aromatic N) is 1. The molecule has 2 rings (SSSR count). The summed E-state index contributed by atoms with van der Waals surface area (Å²) in [6.45, 7) is 0. The number of benzene rings is 1. The molecule has 8 heteroatoms. The second-order valence-corrected chi connectivity index (χ2v) is 5.94. The fraction of sp³-hybridized carbons (Fsp3) is 0.0714. The first kappa shape index (κ1) is 16.6. The second kappa shape index (κ2) is 8.03. The Balaban J connectivity index is 1.81. The predicted molar refractivity (Wildman–Crippen MR) is 87.0 cm³/mol. The molecule has 1 aromatic carbocycles. The Bertz CT molecular complexity index is 683. The number of rotatable bonds is 4. The topological polar surface area (TPSA) is 71.1 Å². The van der Waals surface area contributed by atoms with E-state index in [9.17, 15) is 9.59 Å². The Kier molecular flexibility index (Phi) is 6.06. The normalized spacial score (nSPS) is 10.1. The number of hydrogen-bond acceptors (Lipinski definition) is 4. The summed E-state index contributed by atoms with van der Waals surface area (Å²) in [7, 11) is 0. The van der Waals surface area contributed by atoms with E-state index >= 15 is 0 Å². The third kappa shape index (κ3) is 4.91. The van der Waals surface area contributed by atoms with Gasteiger partial charge >= 0.3 is 0 Å². The number of halogens is 2. The summed E-state index contributed by atoms with van der Waals surface area (Å²) in [4.78, 5) is 28.0. The third-order valence-electron chi connectivity index (χ3n) is 2.46. The van der Waals surface area contributed by atoms with E-state index in [1.807, 2.05) is 0 Å². The largest absolute Gasteiger partial charge is 0.288 e. The fourth-order valence-electron chi connectivity index (χ4n) is 1.45. The van der Waals surface area contributed by atoms with Crippen LogP contribution < -0.4 is 10.9 Å². The van der Waals surface area contributed by atoms with Crippen molar-refractivity contribution in [3.8, 4) is 0 Å².